The number of hydrogen-bond acceptors (Lipinski definition) is 9. The van der Waals surface area contributed by atoms with Crippen molar-refractivity contribution in [2.75, 3.05) is 20.7 Å². The van der Waals surface area contributed by atoms with Gasteiger partial charge in [-0.3, -0.25) is 15.0 Å². The molecule has 1 N–H and O–H groups in total. The number of esters is 2. The third-order valence-corrected chi connectivity index (χ3v) is 8.46. The van der Waals surface area contributed by atoms with Gasteiger partial charge in [0.05, 0.1) is 29.1 Å². The molecule has 0 saturated heterocycles. The Morgan fingerprint density at radius 3 is 2.20 bits per heavy atom. The molecule has 45 heavy (non-hydrogen) atoms. The smallest absolute Gasteiger partial charge is 0.337 e. The van der Waals surface area contributed by atoms with Crippen LogP contribution >= 0.6 is 11.8 Å². The Kier molecular flexibility index (Phi) is 11.2. The molecule has 1 aliphatic rings. The maximum Gasteiger partial charge on any atom is 0.337 e. The van der Waals surface area contributed by atoms with Crippen molar-refractivity contribution in [2.45, 2.75) is 56.4 Å². The van der Waals surface area contributed by atoms with Crippen LogP contribution in [0.4, 0.5) is 5.69 Å². The number of hydrogen-bond donors (Lipinski definition) is 1. The van der Waals surface area contributed by atoms with E-state index in [9.17, 15) is 19.7 Å². The van der Waals surface area contributed by atoms with Crippen LogP contribution in [0.1, 0.15) is 56.4 Å². The highest BCUT2D eigenvalue weighted by Gasteiger charge is 2.39. The minimum atomic E-state index is -0.946. The van der Waals surface area contributed by atoms with Crippen molar-refractivity contribution in [3.63, 3.8) is 0 Å². The number of methoxy groups -OCH3 is 1. The van der Waals surface area contributed by atoms with Gasteiger partial charge in [0.2, 0.25) is 0 Å². The largest absolute Gasteiger partial charge is 0.466 e. The van der Waals surface area contributed by atoms with E-state index in [-0.39, 0.29) is 16.8 Å². The quantitative estimate of drug-likeness (QED) is 0.0988. The van der Waals surface area contributed by atoms with Crippen LogP contribution in [-0.4, -0.2) is 47.7 Å². The number of rotatable bonds is 12. The van der Waals surface area contributed by atoms with Gasteiger partial charge < -0.3 is 14.8 Å². The maximum atomic E-state index is 14.3. The SMILES string of the molecule is COC(=O)C1=C(C)NC(C)=C(C(=O)OC(CN(C)Cc2ccccc2)c2ccc(SC(C)C)cc2)C1c1cccc([N+](=O)[O-])c1. The lowest BCUT2D eigenvalue weighted by Crippen LogP contribution is -2.34. The summed E-state index contributed by atoms with van der Waals surface area (Å²) in [5, 5.41) is 15.2. The van der Waals surface area contributed by atoms with Crippen molar-refractivity contribution in [3.05, 3.63) is 128 Å². The third-order valence-electron chi connectivity index (χ3n) is 7.45. The molecule has 0 amide bonds. The number of nitro benzene ring substituents is 1. The lowest BCUT2D eigenvalue weighted by Gasteiger charge is -2.32. The van der Waals surface area contributed by atoms with Crippen LogP contribution in [0.15, 0.2) is 106 Å². The van der Waals surface area contributed by atoms with Crippen molar-refractivity contribution in [3.8, 4) is 0 Å². The van der Waals surface area contributed by atoms with E-state index in [4.69, 9.17) is 9.47 Å². The zero-order chi connectivity index (χ0) is 32.7. The third kappa shape index (κ3) is 8.40. The number of carbonyl (C=O) groups excluding carboxylic acids is 2. The summed E-state index contributed by atoms with van der Waals surface area (Å²) in [6.45, 7) is 8.74. The predicted octanol–water partition coefficient (Wildman–Crippen LogP) is 6.92. The molecule has 9 nitrogen and oxygen atoms in total. The van der Waals surface area contributed by atoms with E-state index in [1.807, 2.05) is 61.6 Å². The molecule has 236 valence electrons. The first-order valence-corrected chi connectivity index (χ1v) is 15.6. The number of likely N-dealkylation sites (N-methyl/N-ethyl adjacent to an activating group) is 1. The van der Waals surface area contributed by atoms with Crippen LogP contribution in [-0.2, 0) is 25.6 Å². The second-order valence-corrected chi connectivity index (χ2v) is 12.9. The molecule has 0 fully saturated rings. The van der Waals surface area contributed by atoms with E-state index in [0.717, 1.165) is 16.0 Å². The van der Waals surface area contributed by atoms with Crippen LogP contribution in [0.5, 0.6) is 0 Å². The molecule has 2 atom stereocenters. The van der Waals surface area contributed by atoms with E-state index >= 15 is 0 Å². The van der Waals surface area contributed by atoms with E-state index in [2.05, 4.69) is 24.1 Å². The number of thioether (sulfide) groups is 1. The average molecular weight is 630 g/mol. The summed E-state index contributed by atoms with van der Waals surface area (Å²) in [7, 11) is 3.23. The molecule has 0 radical (unpaired) electrons. The Bertz CT molecular complexity index is 1600. The van der Waals surface area contributed by atoms with Gasteiger partial charge in [-0.2, -0.15) is 0 Å². The Hall–Kier alpha value is -4.41. The Labute approximate surface area is 268 Å². The monoisotopic (exact) mass is 629 g/mol. The summed E-state index contributed by atoms with van der Waals surface area (Å²) in [4.78, 5) is 41.7. The van der Waals surface area contributed by atoms with Crippen molar-refractivity contribution >= 4 is 29.4 Å². The molecule has 1 heterocycles. The fourth-order valence-corrected chi connectivity index (χ4v) is 6.31. The molecule has 10 heteroatoms. The fourth-order valence-electron chi connectivity index (χ4n) is 5.48. The molecule has 0 saturated carbocycles. The first-order valence-electron chi connectivity index (χ1n) is 14.7. The van der Waals surface area contributed by atoms with Gasteiger partial charge in [-0.25, -0.2) is 9.59 Å². The number of non-ortho nitro benzene ring substituents is 1. The number of nitro groups is 1. The first kappa shape index (κ1) is 33.5. The molecular formula is C35H39N3O6S. The van der Waals surface area contributed by atoms with Crippen LogP contribution in [0, 0.1) is 10.1 Å². The van der Waals surface area contributed by atoms with Crippen molar-refractivity contribution < 1.29 is 24.0 Å². The number of nitrogens with zero attached hydrogens (tertiary/aromatic N) is 2. The van der Waals surface area contributed by atoms with E-state index in [1.165, 1.54) is 25.3 Å². The first-order chi connectivity index (χ1) is 21.5. The maximum absolute atomic E-state index is 14.3. The van der Waals surface area contributed by atoms with Gasteiger partial charge in [0.15, 0.2) is 0 Å². The van der Waals surface area contributed by atoms with Gasteiger partial charge in [-0.1, -0.05) is 68.4 Å². The second-order valence-electron chi connectivity index (χ2n) is 11.3. The summed E-state index contributed by atoms with van der Waals surface area (Å²) in [6.07, 6.45) is -0.649. The molecule has 3 aromatic carbocycles. The van der Waals surface area contributed by atoms with Gasteiger partial charge in [0.25, 0.3) is 5.69 Å². The highest BCUT2D eigenvalue weighted by molar-refractivity contribution is 7.99. The van der Waals surface area contributed by atoms with Crippen LogP contribution < -0.4 is 5.32 Å². The van der Waals surface area contributed by atoms with Crippen LogP contribution in [0.2, 0.25) is 0 Å². The van der Waals surface area contributed by atoms with Gasteiger partial charge >= 0.3 is 11.9 Å². The van der Waals surface area contributed by atoms with Crippen molar-refractivity contribution in [1.29, 1.82) is 0 Å². The number of allylic oxidation sites excluding steroid dienone is 2. The number of benzene rings is 3. The Morgan fingerprint density at radius 1 is 0.956 bits per heavy atom. The van der Waals surface area contributed by atoms with Crippen molar-refractivity contribution in [2.24, 2.45) is 0 Å². The molecule has 3 aromatic rings. The normalized spacial score (nSPS) is 15.6. The summed E-state index contributed by atoms with van der Waals surface area (Å²) in [5.41, 5.74) is 3.55. The lowest BCUT2D eigenvalue weighted by atomic mass is 9.80. The fraction of sp³-hybridized carbons (Fsp3) is 0.314. The van der Waals surface area contributed by atoms with Gasteiger partial charge in [-0.05, 0) is 49.7 Å². The number of ether oxygens (including phenoxy) is 2. The van der Waals surface area contributed by atoms with E-state index in [0.29, 0.717) is 35.3 Å². The summed E-state index contributed by atoms with van der Waals surface area (Å²) in [5.74, 6) is -2.23. The van der Waals surface area contributed by atoms with Crippen LogP contribution in [0.3, 0.4) is 0 Å². The van der Waals surface area contributed by atoms with Gasteiger partial charge in [-0.15, -0.1) is 11.8 Å². The predicted molar refractivity (Wildman–Crippen MR) is 175 cm³/mol. The lowest BCUT2D eigenvalue weighted by molar-refractivity contribution is -0.384. The zero-order valence-corrected chi connectivity index (χ0v) is 27.2. The molecule has 0 bridgehead atoms. The molecule has 0 aromatic heterocycles. The highest BCUT2D eigenvalue weighted by atomic mass is 32.2. The van der Waals surface area contributed by atoms with Gasteiger partial charge in [0, 0.05) is 46.8 Å². The summed E-state index contributed by atoms with van der Waals surface area (Å²) in [6, 6.07) is 24.0. The zero-order valence-electron chi connectivity index (χ0n) is 26.4. The van der Waals surface area contributed by atoms with E-state index in [1.54, 1.807) is 31.7 Å². The molecule has 4 rings (SSSR count). The van der Waals surface area contributed by atoms with Gasteiger partial charge in [0.1, 0.15) is 6.10 Å². The summed E-state index contributed by atoms with van der Waals surface area (Å²) < 4.78 is 11.4. The standard InChI is InChI=1S/C35H39N3O6S/c1-22(2)45-29-17-15-26(16-18-29)30(21-37(5)20-25-11-8-7-9-12-25)44-35(40)32-24(4)36-23(3)31(34(39)43-6)33(32)27-13-10-14-28(19-27)38(41)42/h7-19,22,30,33,36H,20-21H2,1-6H3. The topological polar surface area (TPSA) is 111 Å². The molecule has 1 aliphatic heterocycles. The molecule has 0 aliphatic carbocycles. The molecular weight excluding hydrogens is 590 g/mol. The average Bonchev–Trinajstić information content (AvgIpc) is 3.00. The highest BCUT2D eigenvalue weighted by Crippen LogP contribution is 2.41. The number of carbonyl (C=O) groups is 2. The van der Waals surface area contributed by atoms with Crippen LogP contribution in [0.25, 0.3) is 0 Å². The Morgan fingerprint density at radius 2 is 1.60 bits per heavy atom. The number of dihydropyridines is 1. The van der Waals surface area contributed by atoms with E-state index < -0.39 is 28.9 Å². The van der Waals surface area contributed by atoms with Crippen molar-refractivity contribution in [1.82, 2.24) is 10.2 Å². The molecule has 2 unspecified atom stereocenters. The summed E-state index contributed by atoms with van der Waals surface area (Å²) >= 11 is 1.75. The Balaban J connectivity index is 1.73. The minimum Gasteiger partial charge on any atom is -0.466 e. The number of nitrogens with one attached hydrogen (secondary N) is 1. The minimum absolute atomic E-state index is 0.155. The second kappa shape index (κ2) is 15.0. The molecule has 0 spiro atoms.